The van der Waals surface area contributed by atoms with E-state index in [1.807, 2.05) is 36.1 Å². The highest BCUT2D eigenvalue weighted by molar-refractivity contribution is 5.83. The van der Waals surface area contributed by atoms with Gasteiger partial charge < -0.3 is 16.0 Å². The summed E-state index contributed by atoms with van der Waals surface area (Å²) in [6.45, 7) is 7.54. The zero-order valence-corrected chi connectivity index (χ0v) is 15.6. The van der Waals surface area contributed by atoms with Gasteiger partial charge in [0.25, 0.3) is 0 Å². The van der Waals surface area contributed by atoms with E-state index < -0.39 is 6.04 Å². The molecule has 1 heterocycles. The van der Waals surface area contributed by atoms with E-state index >= 15 is 0 Å². The number of nitrogens with zero attached hydrogens (tertiary/aromatic N) is 1. The maximum absolute atomic E-state index is 12.4. The number of piperidine rings is 1. The number of nitrogens with two attached hydrogens (primary N) is 1. The fourth-order valence-corrected chi connectivity index (χ4v) is 3.36. The number of nitrogens with one attached hydrogen (secondary N) is 1. The lowest BCUT2D eigenvalue weighted by Crippen LogP contribution is -2.49. The van der Waals surface area contributed by atoms with Gasteiger partial charge >= 0.3 is 0 Å². The molecule has 0 radical (unpaired) electrons. The van der Waals surface area contributed by atoms with E-state index in [1.54, 1.807) is 0 Å². The van der Waals surface area contributed by atoms with Crippen LogP contribution in [0.4, 0.5) is 0 Å². The normalized spacial score (nSPS) is 16.8. The Balaban J connectivity index is 1.84. The van der Waals surface area contributed by atoms with Crippen LogP contribution in [0.15, 0.2) is 24.3 Å². The summed E-state index contributed by atoms with van der Waals surface area (Å²) in [7, 11) is 0. The first-order valence-corrected chi connectivity index (χ1v) is 9.37. The van der Waals surface area contributed by atoms with Gasteiger partial charge in [0.05, 0.1) is 0 Å². The monoisotopic (exact) mass is 345 g/mol. The molecule has 2 rings (SSSR count). The summed E-state index contributed by atoms with van der Waals surface area (Å²) in [5, 5.41) is 3.05. The van der Waals surface area contributed by atoms with E-state index in [1.165, 1.54) is 0 Å². The topological polar surface area (TPSA) is 75.4 Å². The minimum atomic E-state index is -0.648. The second-order valence-corrected chi connectivity index (χ2v) is 7.01. The van der Waals surface area contributed by atoms with E-state index in [9.17, 15) is 9.59 Å². The van der Waals surface area contributed by atoms with Gasteiger partial charge in [0, 0.05) is 25.0 Å². The molecule has 138 valence electrons. The smallest absolute Gasteiger partial charge is 0.241 e. The highest BCUT2D eigenvalue weighted by Gasteiger charge is 2.28. The molecule has 1 saturated heterocycles. The van der Waals surface area contributed by atoms with Gasteiger partial charge in [-0.2, -0.15) is 0 Å². The number of aryl methyl sites for hydroxylation is 1. The second kappa shape index (κ2) is 8.99. The first-order valence-electron chi connectivity index (χ1n) is 9.37. The van der Waals surface area contributed by atoms with Gasteiger partial charge in [-0.05, 0) is 38.2 Å². The van der Waals surface area contributed by atoms with Gasteiger partial charge in [-0.3, -0.25) is 9.59 Å². The van der Waals surface area contributed by atoms with Crippen molar-refractivity contribution in [3.8, 4) is 0 Å². The maximum Gasteiger partial charge on any atom is 0.241 e. The molecule has 0 aliphatic carbocycles. The van der Waals surface area contributed by atoms with Crippen LogP contribution in [0.3, 0.4) is 0 Å². The van der Waals surface area contributed by atoms with Gasteiger partial charge in [-0.15, -0.1) is 0 Å². The molecule has 0 saturated carbocycles. The lowest BCUT2D eigenvalue weighted by molar-refractivity contribution is -0.137. The van der Waals surface area contributed by atoms with Crippen LogP contribution in [0.2, 0.25) is 0 Å². The van der Waals surface area contributed by atoms with Crippen molar-refractivity contribution < 1.29 is 9.59 Å². The summed E-state index contributed by atoms with van der Waals surface area (Å²) in [4.78, 5) is 26.8. The van der Waals surface area contributed by atoms with Crippen molar-refractivity contribution in [2.24, 2.45) is 11.7 Å². The van der Waals surface area contributed by atoms with Crippen LogP contribution in [0, 0.1) is 12.8 Å². The average Bonchev–Trinajstić information content (AvgIpc) is 2.63. The van der Waals surface area contributed by atoms with Gasteiger partial charge in [-0.1, -0.05) is 43.7 Å². The van der Waals surface area contributed by atoms with E-state index in [0.717, 1.165) is 36.8 Å². The molecule has 5 heteroatoms. The molecule has 1 aromatic carbocycles. The third-order valence-corrected chi connectivity index (χ3v) is 5.21. The second-order valence-electron chi connectivity index (χ2n) is 7.01. The minimum absolute atomic E-state index is 0.0924. The molecule has 0 bridgehead atoms. The molecule has 0 aromatic heterocycles. The number of rotatable bonds is 6. The van der Waals surface area contributed by atoms with Crippen LogP contribution in [-0.2, 0) is 9.59 Å². The van der Waals surface area contributed by atoms with Crippen LogP contribution in [0.5, 0.6) is 0 Å². The van der Waals surface area contributed by atoms with Crippen LogP contribution in [0.1, 0.15) is 56.7 Å². The Kier molecular flexibility index (Phi) is 7.00. The summed E-state index contributed by atoms with van der Waals surface area (Å²) >= 11 is 0. The number of hydrogen-bond donors (Lipinski definition) is 2. The standard InChI is InChI=1S/C20H31N3O2/c1-4-15(5-2)20(25)23-12-10-17(11-13-23)22-19(24)18(21)16-8-6-14(3)7-9-16/h6-9,15,17-18H,4-5,10-13,21H2,1-3H3,(H,22,24). The first kappa shape index (κ1) is 19.4. The number of benzene rings is 1. The Hall–Kier alpha value is -1.88. The molecule has 3 N–H and O–H groups in total. The van der Waals surface area contributed by atoms with Gasteiger partial charge in [0.1, 0.15) is 6.04 Å². The molecule has 1 unspecified atom stereocenters. The number of likely N-dealkylation sites (tertiary alicyclic amines) is 1. The number of carbonyl (C=O) groups excluding carboxylic acids is 2. The Bertz CT molecular complexity index is 573. The average molecular weight is 345 g/mol. The van der Waals surface area contributed by atoms with Crippen molar-refractivity contribution in [1.29, 1.82) is 0 Å². The number of hydrogen-bond acceptors (Lipinski definition) is 3. The highest BCUT2D eigenvalue weighted by Crippen LogP contribution is 2.18. The van der Waals surface area contributed by atoms with Crippen molar-refractivity contribution in [3.63, 3.8) is 0 Å². The first-order chi connectivity index (χ1) is 12.0. The van der Waals surface area contributed by atoms with Crippen LogP contribution in [-0.4, -0.2) is 35.8 Å². The SMILES string of the molecule is CCC(CC)C(=O)N1CCC(NC(=O)C(N)c2ccc(C)cc2)CC1. The fourth-order valence-electron chi connectivity index (χ4n) is 3.36. The molecule has 5 nitrogen and oxygen atoms in total. The van der Waals surface area contributed by atoms with E-state index in [-0.39, 0.29) is 23.8 Å². The zero-order chi connectivity index (χ0) is 18.4. The van der Waals surface area contributed by atoms with E-state index in [0.29, 0.717) is 13.1 Å². The molecule has 1 aliphatic rings. The van der Waals surface area contributed by atoms with Gasteiger partial charge in [0.2, 0.25) is 11.8 Å². The Labute approximate surface area is 151 Å². The van der Waals surface area contributed by atoms with Crippen molar-refractivity contribution in [3.05, 3.63) is 35.4 Å². The predicted octanol–water partition coefficient (Wildman–Crippen LogP) is 2.54. The van der Waals surface area contributed by atoms with Crippen LogP contribution < -0.4 is 11.1 Å². The van der Waals surface area contributed by atoms with E-state index in [2.05, 4.69) is 19.2 Å². The Morgan fingerprint density at radius 3 is 2.24 bits per heavy atom. The Morgan fingerprint density at radius 1 is 1.16 bits per heavy atom. The molecule has 1 aliphatic heterocycles. The van der Waals surface area contributed by atoms with Crippen molar-refractivity contribution >= 4 is 11.8 Å². The summed E-state index contributed by atoms with van der Waals surface area (Å²) in [6.07, 6.45) is 3.35. The Morgan fingerprint density at radius 2 is 1.72 bits per heavy atom. The predicted molar refractivity (Wildman–Crippen MR) is 99.9 cm³/mol. The van der Waals surface area contributed by atoms with Gasteiger partial charge in [-0.25, -0.2) is 0 Å². The number of carbonyl (C=O) groups is 2. The van der Waals surface area contributed by atoms with Gasteiger partial charge in [0.15, 0.2) is 0 Å². The molecule has 0 spiro atoms. The van der Waals surface area contributed by atoms with Crippen LogP contribution in [0.25, 0.3) is 0 Å². The van der Waals surface area contributed by atoms with Crippen molar-refractivity contribution in [2.75, 3.05) is 13.1 Å². The summed E-state index contributed by atoms with van der Waals surface area (Å²) < 4.78 is 0. The molecule has 1 atom stereocenters. The third kappa shape index (κ3) is 5.05. The van der Waals surface area contributed by atoms with Crippen molar-refractivity contribution in [1.82, 2.24) is 10.2 Å². The molecule has 25 heavy (non-hydrogen) atoms. The fraction of sp³-hybridized carbons (Fsp3) is 0.600. The highest BCUT2D eigenvalue weighted by atomic mass is 16.2. The molecule has 1 fully saturated rings. The molecular formula is C20H31N3O2. The summed E-state index contributed by atoms with van der Waals surface area (Å²) in [5.41, 5.74) is 8.05. The lowest BCUT2D eigenvalue weighted by Gasteiger charge is -2.34. The maximum atomic E-state index is 12.4. The quantitative estimate of drug-likeness (QED) is 0.832. The zero-order valence-electron chi connectivity index (χ0n) is 15.6. The lowest BCUT2D eigenvalue weighted by atomic mass is 9.98. The summed E-state index contributed by atoms with van der Waals surface area (Å²) in [6, 6.07) is 7.17. The molecule has 1 aromatic rings. The largest absolute Gasteiger partial charge is 0.352 e. The minimum Gasteiger partial charge on any atom is -0.352 e. The van der Waals surface area contributed by atoms with E-state index in [4.69, 9.17) is 5.73 Å². The van der Waals surface area contributed by atoms with Crippen LogP contribution >= 0.6 is 0 Å². The summed E-state index contributed by atoms with van der Waals surface area (Å²) in [5.74, 6) is 0.237. The molecule has 2 amide bonds. The number of amides is 2. The van der Waals surface area contributed by atoms with Crippen molar-refractivity contribution in [2.45, 2.75) is 58.5 Å². The third-order valence-electron chi connectivity index (χ3n) is 5.21. The molecular weight excluding hydrogens is 314 g/mol.